The molecule has 124 valence electrons. The van der Waals surface area contributed by atoms with Gasteiger partial charge in [0.15, 0.2) is 0 Å². The standard InChI is InChI=1S/C16H21N3O4/c1-11(20)12-3-2-7-19(9-12)15(21)5-4-14-17-16(18-23-14)13-6-8-22-10-13/h6,8,10-12,20H,2-5,7,9H2,1H3. The Morgan fingerprint density at radius 1 is 1.57 bits per heavy atom. The topological polar surface area (TPSA) is 92.6 Å². The van der Waals surface area contributed by atoms with Crippen molar-refractivity contribution in [2.24, 2.45) is 5.92 Å². The molecule has 3 rings (SSSR count). The fourth-order valence-electron chi connectivity index (χ4n) is 2.87. The van der Waals surface area contributed by atoms with Crippen LogP contribution in [0.1, 0.15) is 32.1 Å². The van der Waals surface area contributed by atoms with Crippen LogP contribution in [-0.4, -0.2) is 45.2 Å². The maximum atomic E-state index is 12.3. The molecule has 2 atom stereocenters. The molecule has 0 radical (unpaired) electrons. The van der Waals surface area contributed by atoms with Crippen LogP contribution in [0.3, 0.4) is 0 Å². The Labute approximate surface area is 134 Å². The van der Waals surface area contributed by atoms with Crippen LogP contribution < -0.4 is 0 Å². The summed E-state index contributed by atoms with van der Waals surface area (Å²) in [4.78, 5) is 18.4. The van der Waals surface area contributed by atoms with Crippen LogP contribution in [0.4, 0.5) is 0 Å². The second-order valence-corrected chi connectivity index (χ2v) is 6.01. The Bertz CT molecular complexity index is 636. The summed E-state index contributed by atoms with van der Waals surface area (Å²) in [5.74, 6) is 1.15. The number of amides is 1. The molecule has 0 bridgehead atoms. The van der Waals surface area contributed by atoms with Crippen molar-refractivity contribution in [3.05, 3.63) is 24.5 Å². The molecule has 1 aliphatic heterocycles. The second kappa shape index (κ2) is 6.95. The zero-order valence-corrected chi connectivity index (χ0v) is 13.1. The van der Waals surface area contributed by atoms with Gasteiger partial charge in [-0.1, -0.05) is 5.16 Å². The Morgan fingerprint density at radius 3 is 3.17 bits per heavy atom. The molecule has 7 nitrogen and oxygen atoms in total. The lowest BCUT2D eigenvalue weighted by Crippen LogP contribution is -2.43. The van der Waals surface area contributed by atoms with Crippen LogP contribution in [0.25, 0.3) is 11.4 Å². The van der Waals surface area contributed by atoms with Crippen molar-refractivity contribution in [3.8, 4) is 11.4 Å². The van der Waals surface area contributed by atoms with Gasteiger partial charge < -0.3 is 18.9 Å². The normalized spacial score (nSPS) is 19.7. The first-order valence-electron chi connectivity index (χ1n) is 7.94. The van der Waals surface area contributed by atoms with Crippen molar-refractivity contribution < 1.29 is 18.8 Å². The summed E-state index contributed by atoms with van der Waals surface area (Å²) in [7, 11) is 0. The van der Waals surface area contributed by atoms with Gasteiger partial charge in [0.1, 0.15) is 6.26 Å². The number of hydrogen-bond acceptors (Lipinski definition) is 6. The molecule has 1 fully saturated rings. The van der Waals surface area contributed by atoms with E-state index in [0.29, 0.717) is 31.1 Å². The number of carbonyl (C=O) groups excluding carboxylic acids is 1. The molecule has 1 aliphatic rings. The highest BCUT2D eigenvalue weighted by atomic mass is 16.5. The predicted molar refractivity (Wildman–Crippen MR) is 81.3 cm³/mol. The lowest BCUT2D eigenvalue weighted by Gasteiger charge is -2.34. The highest BCUT2D eigenvalue weighted by molar-refractivity contribution is 5.76. The van der Waals surface area contributed by atoms with Crippen molar-refractivity contribution in [1.82, 2.24) is 15.0 Å². The SMILES string of the molecule is CC(O)C1CCCN(C(=O)CCc2nc(-c3ccoc3)no2)C1. The lowest BCUT2D eigenvalue weighted by atomic mass is 9.93. The zero-order chi connectivity index (χ0) is 16.2. The first-order chi connectivity index (χ1) is 11.1. The van der Waals surface area contributed by atoms with Gasteiger partial charge in [-0.25, -0.2) is 0 Å². The minimum absolute atomic E-state index is 0.0680. The number of carbonyl (C=O) groups is 1. The minimum atomic E-state index is -0.376. The van der Waals surface area contributed by atoms with Crippen LogP contribution in [0.15, 0.2) is 27.5 Å². The molecule has 0 saturated carbocycles. The first-order valence-corrected chi connectivity index (χ1v) is 7.94. The van der Waals surface area contributed by atoms with E-state index in [2.05, 4.69) is 10.1 Å². The summed E-state index contributed by atoms with van der Waals surface area (Å²) in [6, 6.07) is 1.75. The van der Waals surface area contributed by atoms with Gasteiger partial charge in [0.25, 0.3) is 0 Å². The van der Waals surface area contributed by atoms with Gasteiger partial charge in [-0.3, -0.25) is 4.79 Å². The van der Waals surface area contributed by atoms with Crippen molar-refractivity contribution in [2.45, 2.75) is 38.7 Å². The Hall–Kier alpha value is -2.15. The molecule has 2 aromatic rings. The molecule has 2 aromatic heterocycles. The number of hydrogen-bond donors (Lipinski definition) is 1. The number of likely N-dealkylation sites (tertiary alicyclic amines) is 1. The maximum Gasteiger partial charge on any atom is 0.227 e. The Balaban J connectivity index is 1.53. The van der Waals surface area contributed by atoms with E-state index in [1.807, 2.05) is 4.90 Å². The van der Waals surface area contributed by atoms with Gasteiger partial charge in [-0.05, 0) is 25.8 Å². The number of aliphatic hydroxyl groups excluding tert-OH is 1. The molecule has 3 heterocycles. The van der Waals surface area contributed by atoms with Gasteiger partial charge in [-0.15, -0.1) is 0 Å². The van der Waals surface area contributed by atoms with Crippen molar-refractivity contribution >= 4 is 5.91 Å². The number of aliphatic hydroxyl groups is 1. The number of piperidine rings is 1. The van der Waals surface area contributed by atoms with Crippen molar-refractivity contribution in [2.75, 3.05) is 13.1 Å². The quantitative estimate of drug-likeness (QED) is 0.904. The number of rotatable bonds is 5. The molecule has 0 aliphatic carbocycles. The summed E-state index contributed by atoms with van der Waals surface area (Å²) in [6.45, 7) is 3.17. The van der Waals surface area contributed by atoms with E-state index in [9.17, 15) is 9.90 Å². The van der Waals surface area contributed by atoms with Gasteiger partial charge in [0, 0.05) is 31.8 Å². The Morgan fingerprint density at radius 2 is 2.43 bits per heavy atom. The third-order valence-electron chi connectivity index (χ3n) is 4.29. The smallest absolute Gasteiger partial charge is 0.227 e. The van der Waals surface area contributed by atoms with E-state index >= 15 is 0 Å². The summed E-state index contributed by atoms with van der Waals surface area (Å²) < 4.78 is 10.2. The molecule has 1 N–H and O–H groups in total. The number of furan rings is 1. The molecule has 2 unspecified atom stereocenters. The first kappa shape index (κ1) is 15.7. The van der Waals surface area contributed by atoms with E-state index < -0.39 is 0 Å². The molecule has 0 spiro atoms. The maximum absolute atomic E-state index is 12.3. The molecular formula is C16H21N3O4. The van der Waals surface area contributed by atoms with E-state index in [-0.39, 0.29) is 17.9 Å². The third-order valence-corrected chi connectivity index (χ3v) is 4.29. The van der Waals surface area contributed by atoms with Crippen LogP contribution in [-0.2, 0) is 11.2 Å². The molecule has 1 saturated heterocycles. The van der Waals surface area contributed by atoms with E-state index in [0.717, 1.165) is 24.9 Å². The number of aromatic nitrogens is 2. The fraction of sp³-hybridized carbons (Fsp3) is 0.562. The van der Waals surface area contributed by atoms with Crippen molar-refractivity contribution in [1.29, 1.82) is 0 Å². The van der Waals surface area contributed by atoms with E-state index in [4.69, 9.17) is 8.94 Å². The summed E-state index contributed by atoms with van der Waals surface area (Å²) in [6.07, 6.45) is 5.37. The predicted octanol–water partition coefficient (Wildman–Crippen LogP) is 1.88. The fourth-order valence-corrected chi connectivity index (χ4v) is 2.87. The monoisotopic (exact) mass is 319 g/mol. The van der Waals surface area contributed by atoms with Crippen LogP contribution in [0.2, 0.25) is 0 Å². The van der Waals surface area contributed by atoms with Gasteiger partial charge >= 0.3 is 0 Å². The lowest BCUT2D eigenvalue weighted by molar-refractivity contribution is -0.133. The molecule has 23 heavy (non-hydrogen) atoms. The highest BCUT2D eigenvalue weighted by Crippen LogP contribution is 2.21. The molecular weight excluding hydrogens is 298 g/mol. The molecule has 7 heteroatoms. The molecule has 0 aromatic carbocycles. The molecule has 1 amide bonds. The zero-order valence-electron chi connectivity index (χ0n) is 13.1. The van der Waals surface area contributed by atoms with Crippen LogP contribution in [0.5, 0.6) is 0 Å². The summed E-state index contributed by atoms with van der Waals surface area (Å²) >= 11 is 0. The number of nitrogens with zero attached hydrogens (tertiary/aromatic N) is 3. The van der Waals surface area contributed by atoms with Gasteiger partial charge in [0.2, 0.25) is 17.6 Å². The Kier molecular flexibility index (Phi) is 4.76. The van der Waals surface area contributed by atoms with Crippen LogP contribution in [0, 0.1) is 5.92 Å². The second-order valence-electron chi connectivity index (χ2n) is 6.01. The van der Waals surface area contributed by atoms with Gasteiger partial charge in [0.05, 0.1) is 17.9 Å². The number of aryl methyl sites for hydroxylation is 1. The van der Waals surface area contributed by atoms with E-state index in [1.54, 1.807) is 25.5 Å². The minimum Gasteiger partial charge on any atom is -0.472 e. The summed E-state index contributed by atoms with van der Waals surface area (Å²) in [5, 5.41) is 13.6. The average Bonchev–Trinajstić information content (AvgIpc) is 3.23. The largest absolute Gasteiger partial charge is 0.472 e. The van der Waals surface area contributed by atoms with Crippen LogP contribution >= 0.6 is 0 Å². The average molecular weight is 319 g/mol. The van der Waals surface area contributed by atoms with E-state index in [1.165, 1.54) is 0 Å². The van der Waals surface area contributed by atoms with Gasteiger partial charge in [-0.2, -0.15) is 4.98 Å². The summed E-state index contributed by atoms with van der Waals surface area (Å²) in [5.41, 5.74) is 0.752. The third kappa shape index (κ3) is 3.79. The highest BCUT2D eigenvalue weighted by Gasteiger charge is 2.26. The van der Waals surface area contributed by atoms with Crippen molar-refractivity contribution in [3.63, 3.8) is 0 Å².